The summed E-state index contributed by atoms with van der Waals surface area (Å²) in [6.45, 7) is 3.58. The van der Waals surface area contributed by atoms with E-state index in [9.17, 15) is 4.79 Å². The highest BCUT2D eigenvalue weighted by Crippen LogP contribution is 2.20. The van der Waals surface area contributed by atoms with E-state index in [1.807, 2.05) is 6.07 Å². The van der Waals surface area contributed by atoms with Crippen LogP contribution >= 0.6 is 0 Å². The zero-order valence-electron chi connectivity index (χ0n) is 13.5. The summed E-state index contributed by atoms with van der Waals surface area (Å²) in [4.78, 5) is 13.9. The van der Waals surface area contributed by atoms with E-state index in [1.54, 1.807) is 0 Å². The van der Waals surface area contributed by atoms with Gasteiger partial charge in [-0.3, -0.25) is 9.69 Å². The van der Waals surface area contributed by atoms with Gasteiger partial charge in [0.1, 0.15) is 12.1 Å². The van der Waals surface area contributed by atoms with Crippen LogP contribution in [-0.4, -0.2) is 49.8 Å². The highest BCUT2D eigenvalue weighted by atomic mass is 16.5. The number of ether oxygens (including phenoxy) is 2. The number of nitrogens with one attached hydrogen (secondary N) is 1. The van der Waals surface area contributed by atoms with Crippen LogP contribution in [0.5, 0.6) is 0 Å². The quantitative estimate of drug-likeness (QED) is 0.838. The summed E-state index contributed by atoms with van der Waals surface area (Å²) in [5.74, 6) is 0.842. The summed E-state index contributed by atoms with van der Waals surface area (Å²) >= 11 is 0. The monoisotopic (exact) mass is 316 g/mol. The molecule has 0 aliphatic carbocycles. The number of nitrogens with zero attached hydrogens (tertiary/aromatic N) is 1. The van der Waals surface area contributed by atoms with Gasteiger partial charge in [0.2, 0.25) is 0 Å². The van der Waals surface area contributed by atoms with Gasteiger partial charge in [0.15, 0.2) is 0 Å². The third kappa shape index (κ3) is 4.33. The second kappa shape index (κ2) is 7.62. The van der Waals surface area contributed by atoms with E-state index in [1.165, 1.54) is 12.7 Å². The smallest absolute Gasteiger partial charge is 0.323 e. The minimum atomic E-state index is -0.233. The molecule has 23 heavy (non-hydrogen) atoms. The second-order valence-corrected chi connectivity index (χ2v) is 6.10. The average molecular weight is 316 g/mol. The topological polar surface area (TPSA) is 50.8 Å². The SMILES string of the molecule is COC(=O)[C@@H]1C[C@@H](OC2=CCN(Cc3ccccc3)CC2)CN1. The van der Waals surface area contributed by atoms with Gasteiger partial charge in [0.25, 0.3) is 0 Å². The molecule has 0 spiro atoms. The van der Waals surface area contributed by atoms with Crippen LogP contribution in [0.25, 0.3) is 0 Å². The van der Waals surface area contributed by atoms with E-state index in [4.69, 9.17) is 9.47 Å². The van der Waals surface area contributed by atoms with Crippen molar-refractivity contribution in [3.63, 3.8) is 0 Å². The van der Waals surface area contributed by atoms with Crippen molar-refractivity contribution in [2.45, 2.75) is 31.5 Å². The first kappa shape index (κ1) is 16.0. The lowest BCUT2D eigenvalue weighted by Crippen LogP contribution is -2.31. The highest BCUT2D eigenvalue weighted by molar-refractivity contribution is 5.76. The number of esters is 1. The largest absolute Gasteiger partial charge is 0.494 e. The maximum Gasteiger partial charge on any atom is 0.323 e. The number of hydrogen-bond acceptors (Lipinski definition) is 5. The molecule has 2 aliphatic rings. The van der Waals surface area contributed by atoms with Crippen LogP contribution < -0.4 is 5.32 Å². The van der Waals surface area contributed by atoms with Gasteiger partial charge in [-0.25, -0.2) is 0 Å². The summed E-state index contributed by atoms with van der Waals surface area (Å²) in [7, 11) is 1.42. The number of rotatable bonds is 5. The van der Waals surface area contributed by atoms with Crippen molar-refractivity contribution in [2.75, 3.05) is 26.7 Å². The Labute approximate surface area is 137 Å². The fourth-order valence-corrected chi connectivity index (χ4v) is 3.11. The number of carbonyl (C=O) groups is 1. The lowest BCUT2D eigenvalue weighted by atomic mass is 10.1. The van der Waals surface area contributed by atoms with Crippen LogP contribution in [0.1, 0.15) is 18.4 Å². The zero-order valence-corrected chi connectivity index (χ0v) is 13.5. The maximum atomic E-state index is 11.5. The predicted molar refractivity (Wildman–Crippen MR) is 87.7 cm³/mol. The number of carbonyl (C=O) groups excluding carboxylic acids is 1. The van der Waals surface area contributed by atoms with Crippen LogP contribution in [0.15, 0.2) is 42.2 Å². The van der Waals surface area contributed by atoms with Gasteiger partial charge in [-0.15, -0.1) is 0 Å². The van der Waals surface area contributed by atoms with Crippen molar-refractivity contribution in [3.05, 3.63) is 47.7 Å². The molecule has 1 aromatic rings. The summed E-state index contributed by atoms with van der Waals surface area (Å²) in [5, 5.41) is 3.15. The van der Waals surface area contributed by atoms with Crippen molar-refractivity contribution in [1.29, 1.82) is 0 Å². The lowest BCUT2D eigenvalue weighted by Gasteiger charge is -2.27. The van der Waals surface area contributed by atoms with Crippen molar-refractivity contribution in [3.8, 4) is 0 Å². The van der Waals surface area contributed by atoms with Gasteiger partial charge in [0, 0.05) is 39.0 Å². The molecule has 2 aliphatic heterocycles. The van der Waals surface area contributed by atoms with Gasteiger partial charge in [-0.05, 0) is 11.6 Å². The van der Waals surface area contributed by atoms with E-state index in [0.717, 1.165) is 31.8 Å². The van der Waals surface area contributed by atoms with Gasteiger partial charge >= 0.3 is 5.97 Å². The molecular weight excluding hydrogens is 292 g/mol. The van der Waals surface area contributed by atoms with Gasteiger partial charge in [-0.1, -0.05) is 30.3 Å². The minimum Gasteiger partial charge on any atom is -0.494 e. The van der Waals surface area contributed by atoms with Gasteiger partial charge in [0.05, 0.1) is 12.9 Å². The molecule has 0 aromatic heterocycles. The van der Waals surface area contributed by atoms with E-state index in [0.29, 0.717) is 13.0 Å². The molecule has 2 heterocycles. The minimum absolute atomic E-state index is 0.0611. The van der Waals surface area contributed by atoms with Crippen LogP contribution in [0.2, 0.25) is 0 Å². The molecule has 0 unspecified atom stereocenters. The third-order valence-corrected chi connectivity index (χ3v) is 4.39. The number of methoxy groups -OCH3 is 1. The molecule has 0 amide bonds. The number of benzene rings is 1. The van der Waals surface area contributed by atoms with Crippen LogP contribution in [0.4, 0.5) is 0 Å². The van der Waals surface area contributed by atoms with E-state index >= 15 is 0 Å². The summed E-state index contributed by atoms with van der Waals surface area (Å²) < 4.78 is 10.8. The van der Waals surface area contributed by atoms with Crippen molar-refractivity contribution in [2.24, 2.45) is 0 Å². The van der Waals surface area contributed by atoms with Crippen molar-refractivity contribution in [1.82, 2.24) is 10.2 Å². The number of hydrogen-bond donors (Lipinski definition) is 1. The molecule has 124 valence electrons. The molecule has 1 N–H and O–H groups in total. The standard InChI is InChI=1S/C18H24N2O3/c1-22-18(21)17-11-16(12-19-17)23-15-7-9-20(10-8-15)13-14-5-3-2-4-6-14/h2-7,16-17,19H,8-13H2,1H3/t16-,17+/m1/s1. The van der Waals surface area contributed by atoms with Crippen molar-refractivity contribution < 1.29 is 14.3 Å². The molecular formula is C18H24N2O3. The Morgan fingerprint density at radius 2 is 2.17 bits per heavy atom. The maximum absolute atomic E-state index is 11.5. The summed E-state index contributed by atoms with van der Waals surface area (Å²) in [6.07, 6.45) is 3.83. The molecule has 0 radical (unpaired) electrons. The normalized spacial score (nSPS) is 25.0. The first-order chi connectivity index (χ1) is 11.2. The van der Waals surface area contributed by atoms with E-state index < -0.39 is 0 Å². The molecule has 3 rings (SSSR count). The molecule has 2 atom stereocenters. The molecule has 1 fully saturated rings. The summed E-state index contributed by atoms with van der Waals surface area (Å²) in [6, 6.07) is 10.3. The molecule has 5 heteroatoms. The van der Waals surface area contributed by atoms with Crippen LogP contribution in [0, 0.1) is 0 Å². The van der Waals surface area contributed by atoms with E-state index in [-0.39, 0.29) is 18.1 Å². The molecule has 0 bridgehead atoms. The Morgan fingerprint density at radius 1 is 1.35 bits per heavy atom. The van der Waals surface area contributed by atoms with E-state index in [2.05, 4.69) is 40.6 Å². The van der Waals surface area contributed by atoms with Gasteiger partial charge in [-0.2, -0.15) is 0 Å². The Bertz CT molecular complexity index is 559. The first-order valence-electron chi connectivity index (χ1n) is 8.18. The fraction of sp³-hybridized carbons (Fsp3) is 0.500. The third-order valence-electron chi connectivity index (χ3n) is 4.39. The van der Waals surface area contributed by atoms with Crippen LogP contribution in [0.3, 0.4) is 0 Å². The van der Waals surface area contributed by atoms with Gasteiger partial charge < -0.3 is 14.8 Å². The predicted octanol–water partition coefficient (Wildman–Crippen LogP) is 1.70. The summed E-state index contributed by atoms with van der Waals surface area (Å²) in [5.41, 5.74) is 1.34. The molecule has 1 saturated heterocycles. The Hall–Kier alpha value is -1.85. The fourth-order valence-electron chi connectivity index (χ4n) is 3.11. The first-order valence-corrected chi connectivity index (χ1v) is 8.18. The Morgan fingerprint density at radius 3 is 2.87 bits per heavy atom. The Kier molecular flexibility index (Phi) is 5.31. The molecule has 0 saturated carbocycles. The Balaban J connectivity index is 1.45. The van der Waals surface area contributed by atoms with Crippen LogP contribution in [-0.2, 0) is 20.8 Å². The lowest BCUT2D eigenvalue weighted by molar-refractivity contribution is -0.142. The second-order valence-electron chi connectivity index (χ2n) is 6.10. The molecule has 5 nitrogen and oxygen atoms in total. The van der Waals surface area contributed by atoms with Crippen molar-refractivity contribution >= 4 is 5.97 Å². The highest BCUT2D eigenvalue weighted by Gasteiger charge is 2.31. The zero-order chi connectivity index (χ0) is 16.1. The average Bonchev–Trinajstić information content (AvgIpc) is 3.05. The molecule has 1 aromatic carbocycles.